The Morgan fingerprint density at radius 1 is 1.44 bits per heavy atom. The number of likely N-dealkylation sites (N-methyl/N-ethyl adjacent to an activating group) is 1. The van der Waals surface area contributed by atoms with E-state index in [0.717, 1.165) is 16.6 Å². The van der Waals surface area contributed by atoms with Gasteiger partial charge in [-0.05, 0) is 23.8 Å². The Morgan fingerprint density at radius 2 is 2.20 bits per heavy atom. The second kappa shape index (κ2) is 9.47. The predicted octanol–water partition coefficient (Wildman–Crippen LogP) is 1.73. The van der Waals surface area contributed by atoms with Crippen molar-refractivity contribution in [3.8, 4) is 0 Å². The molecule has 1 amide bonds. The minimum Gasteiger partial charge on any atom is -0.460 e. The monoisotopic (exact) mass is 443 g/mol. The molecule has 5 nitrogen and oxygen atoms in total. The van der Waals surface area contributed by atoms with Gasteiger partial charge in [0.15, 0.2) is 0 Å². The number of thiocarbonyl (C=S) groups is 1. The number of carbonyl (C=O) groups is 2. The van der Waals surface area contributed by atoms with Gasteiger partial charge in [0, 0.05) is 11.0 Å². The van der Waals surface area contributed by atoms with Crippen LogP contribution in [-0.4, -0.2) is 54.9 Å². The number of benzene rings is 1. The van der Waals surface area contributed by atoms with Crippen molar-refractivity contribution in [2.75, 3.05) is 33.8 Å². The average Bonchev–Trinajstić information content (AvgIpc) is 2.79. The number of hydrogen-bond donors (Lipinski definition) is 1. The fourth-order valence-electron chi connectivity index (χ4n) is 2.08. The first-order valence-corrected chi connectivity index (χ1v) is 9.84. The zero-order valence-electron chi connectivity index (χ0n) is 14.1. The molecular formula is C17H20BrN2O3S2+. The fraction of sp³-hybridized carbons (Fsp3) is 0.353. The van der Waals surface area contributed by atoms with Gasteiger partial charge in [0.25, 0.3) is 5.91 Å². The summed E-state index contributed by atoms with van der Waals surface area (Å²) in [6.07, 6.45) is 1.95. The van der Waals surface area contributed by atoms with Crippen molar-refractivity contribution in [1.29, 1.82) is 0 Å². The molecule has 0 unspecified atom stereocenters. The third kappa shape index (κ3) is 6.22. The van der Waals surface area contributed by atoms with Crippen molar-refractivity contribution in [1.82, 2.24) is 4.90 Å². The van der Waals surface area contributed by atoms with E-state index in [9.17, 15) is 9.59 Å². The van der Waals surface area contributed by atoms with Crippen molar-refractivity contribution in [2.24, 2.45) is 0 Å². The van der Waals surface area contributed by atoms with Gasteiger partial charge in [0.05, 0.1) is 25.4 Å². The van der Waals surface area contributed by atoms with Crippen molar-refractivity contribution in [3.63, 3.8) is 0 Å². The fourth-order valence-corrected chi connectivity index (χ4v) is 3.81. The molecule has 2 rings (SSSR count). The lowest BCUT2D eigenvalue weighted by molar-refractivity contribution is -0.858. The van der Waals surface area contributed by atoms with Crippen molar-refractivity contribution in [3.05, 3.63) is 39.2 Å². The van der Waals surface area contributed by atoms with E-state index in [0.29, 0.717) is 15.8 Å². The summed E-state index contributed by atoms with van der Waals surface area (Å²) in [7, 11) is 3.98. The van der Waals surface area contributed by atoms with E-state index in [1.807, 2.05) is 44.4 Å². The van der Waals surface area contributed by atoms with E-state index in [2.05, 4.69) is 15.9 Å². The van der Waals surface area contributed by atoms with E-state index in [4.69, 9.17) is 17.0 Å². The van der Waals surface area contributed by atoms with E-state index in [1.165, 1.54) is 21.6 Å². The Labute approximate surface area is 165 Å². The highest BCUT2D eigenvalue weighted by atomic mass is 79.9. The molecule has 1 N–H and O–H groups in total. The van der Waals surface area contributed by atoms with Crippen LogP contribution in [0.1, 0.15) is 12.0 Å². The van der Waals surface area contributed by atoms with Crippen LogP contribution in [-0.2, 0) is 14.3 Å². The number of nitrogens with one attached hydrogen (secondary N) is 1. The molecule has 1 fully saturated rings. The van der Waals surface area contributed by atoms with Crippen LogP contribution >= 0.6 is 39.9 Å². The molecule has 1 heterocycles. The largest absolute Gasteiger partial charge is 0.460 e. The van der Waals surface area contributed by atoms with E-state index >= 15 is 0 Å². The number of nitrogens with zero attached hydrogens (tertiary/aromatic N) is 1. The first kappa shape index (κ1) is 20.1. The number of hydrogen-bond acceptors (Lipinski definition) is 5. The van der Waals surface area contributed by atoms with Crippen LogP contribution in [0.25, 0.3) is 6.08 Å². The lowest BCUT2D eigenvalue weighted by Gasteiger charge is -2.14. The first-order valence-electron chi connectivity index (χ1n) is 7.82. The maximum atomic E-state index is 12.5. The van der Waals surface area contributed by atoms with Gasteiger partial charge in [0.1, 0.15) is 17.5 Å². The second-order valence-corrected chi connectivity index (χ2v) is 8.41. The summed E-state index contributed by atoms with van der Waals surface area (Å²) in [5.74, 6) is -0.480. The molecule has 1 aromatic carbocycles. The van der Waals surface area contributed by atoms with Gasteiger partial charge in [-0.25, -0.2) is 0 Å². The van der Waals surface area contributed by atoms with Gasteiger partial charge in [-0.15, -0.1) is 0 Å². The molecule has 0 atom stereocenters. The summed E-state index contributed by atoms with van der Waals surface area (Å²) in [5.41, 5.74) is 0.917. The molecule has 1 aliphatic rings. The minimum absolute atomic E-state index is 0.138. The Balaban J connectivity index is 1.91. The molecule has 0 radical (unpaired) electrons. The third-order valence-corrected chi connectivity index (χ3v) is 5.30. The number of ether oxygens (including phenoxy) is 1. The Kier molecular flexibility index (Phi) is 7.61. The van der Waals surface area contributed by atoms with Crippen LogP contribution < -0.4 is 4.90 Å². The van der Waals surface area contributed by atoms with Gasteiger partial charge in [0.2, 0.25) is 0 Å². The molecular weight excluding hydrogens is 424 g/mol. The van der Waals surface area contributed by atoms with E-state index in [1.54, 1.807) is 0 Å². The normalized spacial score (nSPS) is 16.2. The lowest BCUT2D eigenvalue weighted by Crippen LogP contribution is -3.06. The number of rotatable bonds is 7. The molecule has 0 saturated carbocycles. The Morgan fingerprint density at radius 3 is 2.88 bits per heavy atom. The summed E-state index contributed by atoms with van der Waals surface area (Å²) in [4.78, 5) is 27.5. The molecule has 0 spiro atoms. The van der Waals surface area contributed by atoms with Gasteiger partial charge >= 0.3 is 5.97 Å². The van der Waals surface area contributed by atoms with Gasteiger partial charge < -0.3 is 9.64 Å². The number of amides is 1. The summed E-state index contributed by atoms with van der Waals surface area (Å²) < 4.78 is 6.56. The molecule has 1 aliphatic heterocycles. The zero-order valence-corrected chi connectivity index (χ0v) is 17.3. The summed E-state index contributed by atoms with van der Waals surface area (Å²) in [6.45, 7) is 1.37. The van der Waals surface area contributed by atoms with Crippen LogP contribution in [0, 0.1) is 0 Å². The van der Waals surface area contributed by atoms with Crippen molar-refractivity contribution in [2.45, 2.75) is 6.42 Å². The SMILES string of the molecule is C[NH+](C)CCOC(=O)CCN1C(=O)/C(=C/c2cccc(Br)c2)SC1=S. The van der Waals surface area contributed by atoms with Crippen LogP contribution in [0.5, 0.6) is 0 Å². The summed E-state index contributed by atoms with van der Waals surface area (Å²) in [5, 5.41) is 0. The van der Waals surface area contributed by atoms with Crippen LogP contribution in [0.4, 0.5) is 0 Å². The van der Waals surface area contributed by atoms with Crippen LogP contribution in [0.15, 0.2) is 33.6 Å². The highest BCUT2D eigenvalue weighted by Gasteiger charge is 2.32. The number of carbonyl (C=O) groups excluding carboxylic acids is 2. The maximum absolute atomic E-state index is 12.5. The van der Waals surface area contributed by atoms with Crippen LogP contribution in [0.3, 0.4) is 0 Å². The van der Waals surface area contributed by atoms with E-state index < -0.39 is 0 Å². The highest BCUT2D eigenvalue weighted by Crippen LogP contribution is 2.32. The highest BCUT2D eigenvalue weighted by molar-refractivity contribution is 9.10. The number of halogens is 1. The van der Waals surface area contributed by atoms with Crippen molar-refractivity contribution >= 4 is 62.2 Å². The molecule has 0 aliphatic carbocycles. The topological polar surface area (TPSA) is 51.1 Å². The molecule has 1 saturated heterocycles. The Hall–Kier alpha value is -1.22. The maximum Gasteiger partial charge on any atom is 0.307 e. The molecule has 0 bridgehead atoms. The third-order valence-electron chi connectivity index (χ3n) is 3.42. The first-order chi connectivity index (χ1) is 11.9. The quantitative estimate of drug-likeness (QED) is 0.395. The van der Waals surface area contributed by atoms with Gasteiger partial charge in [-0.1, -0.05) is 52.0 Å². The second-order valence-electron chi connectivity index (χ2n) is 5.82. The molecule has 8 heteroatoms. The molecule has 134 valence electrons. The van der Waals surface area contributed by atoms with Gasteiger partial charge in [-0.3, -0.25) is 14.5 Å². The number of esters is 1. The number of quaternary nitrogens is 1. The smallest absolute Gasteiger partial charge is 0.307 e. The molecule has 1 aromatic rings. The summed E-state index contributed by atoms with van der Waals surface area (Å²) in [6, 6.07) is 7.67. The van der Waals surface area contributed by atoms with Crippen LogP contribution in [0.2, 0.25) is 0 Å². The summed E-state index contributed by atoms with van der Waals surface area (Å²) >= 11 is 9.94. The minimum atomic E-state index is -0.314. The van der Waals surface area contributed by atoms with E-state index in [-0.39, 0.29) is 24.8 Å². The zero-order chi connectivity index (χ0) is 18.4. The predicted molar refractivity (Wildman–Crippen MR) is 107 cm³/mol. The van der Waals surface area contributed by atoms with Crippen molar-refractivity contribution < 1.29 is 19.2 Å². The Bertz CT molecular complexity index is 707. The standard InChI is InChI=1S/C17H19BrN2O3S2/c1-19(2)8-9-23-15(21)6-7-20-16(22)14(25-17(20)24)11-12-4-3-5-13(18)10-12/h3-5,10-11H,6-9H2,1-2H3/p+1/b14-11-. The van der Waals surface area contributed by atoms with Gasteiger partial charge in [-0.2, -0.15) is 0 Å². The average molecular weight is 444 g/mol. The molecule has 25 heavy (non-hydrogen) atoms. The molecule has 0 aromatic heterocycles. The number of thioether (sulfide) groups is 1. The lowest BCUT2D eigenvalue weighted by atomic mass is 10.2.